The third kappa shape index (κ3) is 7.56. The Hall–Kier alpha value is -4.32. The van der Waals surface area contributed by atoms with Gasteiger partial charge in [0, 0.05) is 0 Å². The van der Waals surface area contributed by atoms with Crippen LogP contribution < -0.4 is 0 Å². The van der Waals surface area contributed by atoms with Crippen LogP contribution in [0, 0.1) is 19.1 Å². The summed E-state index contributed by atoms with van der Waals surface area (Å²) < 4.78 is 0. The molecular formula is C42H32Zr. The molecule has 5 aromatic rings. The van der Waals surface area contributed by atoms with Crippen molar-refractivity contribution in [3.63, 3.8) is 0 Å². The summed E-state index contributed by atoms with van der Waals surface area (Å²) in [5.74, 6) is 0.454. The summed E-state index contributed by atoms with van der Waals surface area (Å²) in [5.41, 5.74) is 12.1. The number of rotatable bonds is 5. The van der Waals surface area contributed by atoms with Crippen molar-refractivity contribution < 1.29 is 26.2 Å². The van der Waals surface area contributed by atoms with E-state index in [1.165, 1.54) is 33.4 Å². The molecule has 0 spiro atoms. The van der Waals surface area contributed by atoms with Crippen LogP contribution in [0.4, 0.5) is 0 Å². The summed E-state index contributed by atoms with van der Waals surface area (Å²) >= 11 is 0. The van der Waals surface area contributed by atoms with Gasteiger partial charge in [0.25, 0.3) is 0 Å². The van der Waals surface area contributed by atoms with Crippen LogP contribution >= 0.6 is 0 Å². The van der Waals surface area contributed by atoms with Crippen LogP contribution in [0.1, 0.15) is 44.9 Å². The van der Waals surface area contributed by atoms with Gasteiger partial charge in [0.15, 0.2) is 0 Å². The summed E-state index contributed by atoms with van der Waals surface area (Å²) in [4.78, 5) is 0. The minimum atomic E-state index is 0. The summed E-state index contributed by atoms with van der Waals surface area (Å²) in [7, 11) is 0. The molecule has 7 rings (SSSR count). The molecule has 0 saturated carbocycles. The Morgan fingerprint density at radius 1 is 0.674 bits per heavy atom. The number of benzene rings is 5. The van der Waals surface area contributed by atoms with Gasteiger partial charge in [-0.2, -0.15) is 0 Å². The maximum atomic E-state index is 3.66. The minimum absolute atomic E-state index is 0. The van der Waals surface area contributed by atoms with Gasteiger partial charge in [-0.3, -0.25) is 0 Å². The van der Waals surface area contributed by atoms with Crippen molar-refractivity contribution in [2.45, 2.75) is 12.8 Å². The minimum Gasteiger partial charge on any atom is -0.145 e. The van der Waals surface area contributed by atoms with Gasteiger partial charge in [-0.05, 0) is 18.4 Å². The van der Waals surface area contributed by atoms with E-state index < -0.39 is 0 Å². The summed E-state index contributed by atoms with van der Waals surface area (Å²) in [6.07, 6.45) is 18.0. The van der Waals surface area contributed by atoms with E-state index in [1.807, 2.05) is 30.3 Å². The van der Waals surface area contributed by atoms with Gasteiger partial charge in [0.2, 0.25) is 0 Å². The van der Waals surface area contributed by atoms with E-state index in [0.29, 0.717) is 5.92 Å². The van der Waals surface area contributed by atoms with Crippen LogP contribution in [0.2, 0.25) is 0 Å². The maximum absolute atomic E-state index is 3.66. The Morgan fingerprint density at radius 3 is 1.95 bits per heavy atom. The molecule has 0 bridgehead atoms. The first kappa shape index (κ1) is 30.2. The second-order valence-corrected chi connectivity index (χ2v) is 10.5. The van der Waals surface area contributed by atoms with Crippen LogP contribution in [0.5, 0.6) is 0 Å². The fourth-order valence-corrected chi connectivity index (χ4v) is 5.34. The molecule has 5 aromatic carbocycles. The SMILES string of the molecule is Cc1ccc2c(c1)[C-]=C1C=CC=CC12.[C-](=C(C(=Cc1ccccc1)c1ccccc1)c1ccccc1)c1ccccc1.[Zr+2]. The quantitative estimate of drug-likeness (QED) is 0.103. The topological polar surface area (TPSA) is 0 Å². The zero-order valence-electron chi connectivity index (χ0n) is 24.2. The molecule has 0 nitrogen and oxygen atoms in total. The fraction of sp³-hybridized carbons (Fsp3) is 0.0476. The fourth-order valence-electron chi connectivity index (χ4n) is 5.34. The summed E-state index contributed by atoms with van der Waals surface area (Å²) in [5, 5.41) is 0. The van der Waals surface area contributed by atoms with Crippen LogP contribution in [0.15, 0.2) is 169 Å². The second kappa shape index (κ2) is 14.7. The van der Waals surface area contributed by atoms with Gasteiger partial charge in [-0.15, -0.1) is 76.4 Å². The molecule has 0 aromatic heterocycles. The Bertz CT molecular complexity index is 1700. The van der Waals surface area contributed by atoms with Crippen molar-refractivity contribution in [2.75, 3.05) is 0 Å². The molecule has 43 heavy (non-hydrogen) atoms. The van der Waals surface area contributed by atoms with Crippen molar-refractivity contribution >= 4 is 17.2 Å². The maximum Gasteiger partial charge on any atom is 2.00 e. The van der Waals surface area contributed by atoms with E-state index in [2.05, 4.69) is 159 Å². The molecule has 1 heteroatoms. The normalized spacial score (nSPS) is 14.9. The van der Waals surface area contributed by atoms with Gasteiger partial charge in [0.1, 0.15) is 0 Å². The first-order chi connectivity index (χ1) is 20.7. The average molecular weight is 628 g/mol. The van der Waals surface area contributed by atoms with Gasteiger partial charge in [-0.25, -0.2) is 0 Å². The Balaban J connectivity index is 0.000000205. The van der Waals surface area contributed by atoms with Crippen LogP contribution in [0.3, 0.4) is 0 Å². The standard InChI is InChI=1S/C28H21.C14H11.Zr/c1-5-13-23(14-6-1)21-27(25-17-9-3-10-18-25)28(26-19-11-4-12-20-26)22-24-15-7-2-8-16-24;1-10-6-7-14-12(8-10)9-11-4-2-3-5-13(11)14;/h1-21H;2-8,13H,1H3;/q2*-1;+2. The summed E-state index contributed by atoms with van der Waals surface area (Å²) in [6, 6.07) is 48.4. The first-order valence-corrected chi connectivity index (χ1v) is 14.4. The predicted octanol–water partition coefficient (Wildman–Crippen LogP) is 10.5. The van der Waals surface area contributed by atoms with E-state index >= 15 is 0 Å². The Labute approximate surface area is 275 Å². The molecule has 2 aliphatic rings. The molecule has 1 unspecified atom stereocenters. The molecule has 2 aliphatic carbocycles. The van der Waals surface area contributed by atoms with Gasteiger partial charge in [-0.1, -0.05) is 156 Å². The van der Waals surface area contributed by atoms with E-state index in [1.54, 1.807) is 0 Å². The van der Waals surface area contributed by atoms with Crippen molar-refractivity contribution in [1.29, 1.82) is 0 Å². The van der Waals surface area contributed by atoms with E-state index in [-0.39, 0.29) is 26.2 Å². The molecule has 204 valence electrons. The second-order valence-electron chi connectivity index (χ2n) is 10.5. The molecule has 1 atom stereocenters. The largest absolute Gasteiger partial charge is 2.00 e. The number of aryl methyl sites for hydroxylation is 1. The van der Waals surface area contributed by atoms with Gasteiger partial charge >= 0.3 is 26.2 Å². The molecular weight excluding hydrogens is 596 g/mol. The average Bonchev–Trinajstić information content (AvgIpc) is 3.42. The first-order valence-electron chi connectivity index (χ1n) is 14.4. The van der Waals surface area contributed by atoms with Crippen LogP contribution in [-0.2, 0) is 26.2 Å². The van der Waals surface area contributed by atoms with Crippen LogP contribution in [0.25, 0.3) is 17.2 Å². The predicted molar refractivity (Wildman–Crippen MR) is 177 cm³/mol. The zero-order chi connectivity index (χ0) is 28.6. The molecule has 0 amide bonds. The number of hydrogen-bond acceptors (Lipinski definition) is 0. The third-order valence-electron chi connectivity index (χ3n) is 7.42. The van der Waals surface area contributed by atoms with Crippen molar-refractivity contribution in [1.82, 2.24) is 0 Å². The smallest absolute Gasteiger partial charge is 0.145 e. The molecule has 0 radical (unpaired) electrons. The zero-order valence-corrected chi connectivity index (χ0v) is 26.7. The monoisotopic (exact) mass is 626 g/mol. The van der Waals surface area contributed by atoms with E-state index in [9.17, 15) is 0 Å². The van der Waals surface area contributed by atoms with E-state index in [0.717, 1.165) is 22.3 Å². The Kier molecular flexibility index (Phi) is 10.3. The van der Waals surface area contributed by atoms with Gasteiger partial charge < -0.3 is 0 Å². The van der Waals surface area contributed by atoms with Crippen LogP contribution in [-0.4, -0.2) is 0 Å². The number of fused-ring (bicyclic) bond motifs is 3. The summed E-state index contributed by atoms with van der Waals surface area (Å²) in [6.45, 7) is 2.13. The number of allylic oxidation sites excluding steroid dienone is 7. The molecule has 0 saturated heterocycles. The molecule has 0 N–H and O–H groups in total. The Morgan fingerprint density at radius 2 is 1.28 bits per heavy atom. The van der Waals surface area contributed by atoms with Crippen molar-refractivity contribution in [3.8, 4) is 0 Å². The molecule has 0 fully saturated rings. The molecule has 0 heterocycles. The number of hydrogen-bond donors (Lipinski definition) is 0. The van der Waals surface area contributed by atoms with Crippen molar-refractivity contribution in [3.05, 3.63) is 220 Å². The van der Waals surface area contributed by atoms with Crippen molar-refractivity contribution in [2.24, 2.45) is 0 Å². The van der Waals surface area contributed by atoms with E-state index in [4.69, 9.17) is 0 Å². The third-order valence-corrected chi connectivity index (χ3v) is 7.42. The van der Waals surface area contributed by atoms with Gasteiger partial charge in [0.05, 0.1) is 0 Å². The molecule has 0 aliphatic heterocycles.